The summed E-state index contributed by atoms with van der Waals surface area (Å²) in [6.45, 7) is 1.87. The van der Waals surface area contributed by atoms with Crippen molar-refractivity contribution in [3.63, 3.8) is 0 Å². The van der Waals surface area contributed by atoms with Gasteiger partial charge < -0.3 is 21.5 Å². The summed E-state index contributed by atoms with van der Waals surface area (Å²) in [6, 6.07) is 18.6. The van der Waals surface area contributed by atoms with Gasteiger partial charge in [-0.15, -0.1) is 0 Å². The molecule has 2 atom stereocenters. The summed E-state index contributed by atoms with van der Waals surface area (Å²) in [5.74, 6) is -4.44. The largest absolute Gasteiger partial charge is 0.508 e. The zero-order valence-corrected chi connectivity index (χ0v) is 28.4. The first-order chi connectivity index (χ1) is 25.0. The van der Waals surface area contributed by atoms with Crippen LogP contribution in [-0.4, -0.2) is 81.4 Å². The number of primary amides is 1. The van der Waals surface area contributed by atoms with Gasteiger partial charge in [-0.25, -0.2) is 0 Å². The fraction of sp³-hybridized carbons (Fsp3) is 0.256. The Morgan fingerprint density at radius 1 is 0.654 bits per heavy atom. The summed E-state index contributed by atoms with van der Waals surface area (Å²) in [5, 5.41) is 15.5. The average Bonchev–Trinajstić information content (AvgIpc) is 3.13. The van der Waals surface area contributed by atoms with Crippen molar-refractivity contribution in [3.8, 4) is 5.75 Å². The summed E-state index contributed by atoms with van der Waals surface area (Å²) >= 11 is 0. The quantitative estimate of drug-likeness (QED) is 0.144. The van der Waals surface area contributed by atoms with Gasteiger partial charge >= 0.3 is 0 Å². The van der Waals surface area contributed by atoms with E-state index in [4.69, 9.17) is 5.73 Å². The van der Waals surface area contributed by atoms with Crippen LogP contribution in [0.1, 0.15) is 78.7 Å². The number of phenolic OH excluding ortho intramolecular Hbond substituents is 1. The van der Waals surface area contributed by atoms with E-state index in [1.165, 1.54) is 41.3 Å². The van der Waals surface area contributed by atoms with Crippen LogP contribution in [0.5, 0.6) is 5.75 Å². The molecule has 52 heavy (non-hydrogen) atoms. The molecular formula is C39H37N5O8. The van der Waals surface area contributed by atoms with Gasteiger partial charge in [-0.3, -0.25) is 43.4 Å². The van der Waals surface area contributed by atoms with Crippen molar-refractivity contribution in [3.05, 3.63) is 112 Å². The van der Waals surface area contributed by atoms with E-state index in [0.717, 1.165) is 16.9 Å². The molecule has 0 saturated carbocycles. The number of carbonyl (C=O) groups excluding carboxylic acids is 7. The standard InChI is InChI=1S/C39H37N5O8/c1-2-3-18-43-36(49)25-13-15-27-33-28(16-14-26(32(25)33)37(43)50)39(52)44(38(27)51)19-17-31(46)41-30(21-23-9-11-24(45)12-10-23)35(48)42-29(34(40)47)20-22-7-5-4-6-8-22/h4-16,29-30,45H,2-3,17-21H2,1H3,(H2,40,47)(H,41,46)(H,42,48)/t29-,30-/m0/s1. The maximum absolute atomic E-state index is 13.7. The van der Waals surface area contributed by atoms with E-state index in [1.54, 1.807) is 36.4 Å². The number of nitrogens with two attached hydrogens (primary N) is 1. The minimum atomic E-state index is -1.19. The molecular weight excluding hydrogens is 666 g/mol. The van der Waals surface area contributed by atoms with Crippen LogP contribution in [0.25, 0.3) is 10.8 Å². The maximum atomic E-state index is 13.7. The normalized spacial score (nSPS) is 14.7. The van der Waals surface area contributed by atoms with E-state index in [2.05, 4.69) is 10.6 Å². The molecule has 4 aromatic carbocycles. The van der Waals surface area contributed by atoms with E-state index in [0.29, 0.717) is 12.0 Å². The summed E-state index contributed by atoms with van der Waals surface area (Å²) in [5.41, 5.74) is 7.69. The van der Waals surface area contributed by atoms with Crippen LogP contribution < -0.4 is 16.4 Å². The minimum absolute atomic E-state index is 0.00957. The fourth-order valence-electron chi connectivity index (χ4n) is 6.60. The number of carbonyl (C=O) groups is 7. The topological polar surface area (TPSA) is 196 Å². The lowest BCUT2D eigenvalue weighted by molar-refractivity contribution is -0.131. The van der Waals surface area contributed by atoms with Gasteiger partial charge in [-0.1, -0.05) is 55.8 Å². The Balaban J connectivity index is 1.19. The smallest absolute Gasteiger partial charge is 0.261 e. The highest BCUT2D eigenvalue weighted by molar-refractivity contribution is 6.33. The van der Waals surface area contributed by atoms with Crippen LogP contribution in [-0.2, 0) is 27.2 Å². The first-order valence-corrected chi connectivity index (χ1v) is 17.0. The molecule has 0 radical (unpaired) electrons. The third kappa shape index (κ3) is 6.97. The molecule has 2 aliphatic heterocycles. The van der Waals surface area contributed by atoms with Gasteiger partial charge in [0.05, 0.1) is 0 Å². The molecule has 0 bridgehead atoms. The molecule has 5 N–H and O–H groups in total. The second kappa shape index (κ2) is 14.9. The summed E-state index contributed by atoms with van der Waals surface area (Å²) in [7, 11) is 0. The first kappa shape index (κ1) is 35.5. The molecule has 13 nitrogen and oxygen atoms in total. The van der Waals surface area contributed by atoms with Crippen molar-refractivity contribution >= 4 is 52.1 Å². The van der Waals surface area contributed by atoms with Gasteiger partial charge in [0, 0.05) is 65.4 Å². The Kier molecular flexibility index (Phi) is 10.1. The van der Waals surface area contributed by atoms with E-state index < -0.39 is 53.4 Å². The Hall–Kier alpha value is -6.37. The maximum Gasteiger partial charge on any atom is 0.261 e. The van der Waals surface area contributed by atoms with Crippen molar-refractivity contribution in [2.24, 2.45) is 5.73 Å². The molecule has 2 heterocycles. The molecule has 2 aliphatic rings. The number of rotatable bonds is 14. The second-order valence-corrected chi connectivity index (χ2v) is 12.8. The predicted octanol–water partition coefficient (Wildman–Crippen LogP) is 2.87. The van der Waals surface area contributed by atoms with Gasteiger partial charge in [0.1, 0.15) is 17.8 Å². The van der Waals surface area contributed by atoms with Gasteiger partial charge in [0.2, 0.25) is 17.7 Å². The van der Waals surface area contributed by atoms with Crippen LogP contribution in [0.4, 0.5) is 0 Å². The van der Waals surface area contributed by atoms with Crippen LogP contribution in [0.15, 0.2) is 78.9 Å². The monoisotopic (exact) mass is 703 g/mol. The number of benzene rings is 4. The lowest BCUT2D eigenvalue weighted by Gasteiger charge is -2.32. The van der Waals surface area contributed by atoms with Crippen LogP contribution in [0.3, 0.4) is 0 Å². The Bertz CT molecular complexity index is 2040. The van der Waals surface area contributed by atoms with Crippen molar-refractivity contribution in [1.29, 1.82) is 0 Å². The summed E-state index contributed by atoms with van der Waals surface area (Å²) in [6.07, 6.45) is 1.17. The number of unbranched alkanes of at least 4 members (excludes halogenated alkanes) is 1. The number of hydrogen-bond acceptors (Lipinski definition) is 8. The Morgan fingerprint density at radius 3 is 1.63 bits per heavy atom. The zero-order chi connectivity index (χ0) is 37.1. The lowest BCUT2D eigenvalue weighted by atomic mass is 9.86. The van der Waals surface area contributed by atoms with Crippen molar-refractivity contribution in [2.45, 2.75) is 51.1 Å². The lowest BCUT2D eigenvalue weighted by Crippen LogP contribution is -2.54. The van der Waals surface area contributed by atoms with E-state index in [1.807, 2.05) is 13.0 Å². The summed E-state index contributed by atoms with van der Waals surface area (Å²) in [4.78, 5) is 95.4. The highest BCUT2D eigenvalue weighted by atomic mass is 16.3. The predicted molar refractivity (Wildman–Crippen MR) is 189 cm³/mol. The zero-order valence-electron chi connectivity index (χ0n) is 28.4. The molecule has 4 aromatic rings. The van der Waals surface area contributed by atoms with Crippen molar-refractivity contribution in [1.82, 2.24) is 20.4 Å². The van der Waals surface area contributed by atoms with Crippen molar-refractivity contribution < 1.29 is 38.7 Å². The van der Waals surface area contributed by atoms with Crippen LogP contribution >= 0.6 is 0 Å². The van der Waals surface area contributed by atoms with E-state index >= 15 is 0 Å². The molecule has 13 heteroatoms. The number of hydrogen-bond donors (Lipinski definition) is 4. The van der Waals surface area contributed by atoms with E-state index in [9.17, 15) is 38.7 Å². The van der Waals surface area contributed by atoms with Crippen LogP contribution in [0.2, 0.25) is 0 Å². The highest BCUT2D eigenvalue weighted by Crippen LogP contribution is 2.38. The molecule has 266 valence electrons. The third-order valence-electron chi connectivity index (χ3n) is 9.33. The number of nitrogens with one attached hydrogen (secondary N) is 2. The molecule has 0 aromatic heterocycles. The SMILES string of the molecule is CCCCN1C(=O)c2ccc3c4c(ccc(c24)C1=O)C(=O)N(CCC(=O)N[C@@H](Cc1ccc(O)cc1)C(=O)N[C@@H](Cc1ccccc1)C(N)=O)C3=O. The Morgan fingerprint density at radius 2 is 1.13 bits per heavy atom. The molecule has 7 amide bonds. The van der Waals surface area contributed by atoms with Gasteiger partial charge in [0.15, 0.2) is 0 Å². The number of nitrogens with zero attached hydrogens (tertiary/aromatic N) is 2. The van der Waals surface area contributed by atoms with Crippen molar-refractivity contribution in [2.75, 3.05) is 13.1 Å². The first-order valence-electron chi connectivity index (χ1n) is 17.0. The molecule has 0 spiro atoms. The molecule has 0 saturated heterocycles. The summed E-state index contributed by atoms with van der Waals surface area (Å²) < 4.78 is 0. The number of phenols is 1. The third-order valence-corrected chi connectivity index (χ3v) is 9.33. The molecule has 0 aliphatic carbocycles. The average molecular weight is 704 g/mol. The number of imide groups is 2. The second-order valence-electron chi connectivity index (χ2n) is 12.8. The number of amides is 7. The van der Waals surface area contributed by atoms with Gasteiger partial charge in [-0.05, 0) is 53.9 Å². The van der Waals surface area contributed by atoms with E-state index in [-0.39, 0.29) is 71.1 Å². The molecule has 0 fully saturated rings. The van der Waals surface area contributed by atoms with Gasteiger partial charge in [0.25, 0.3) is 23.6 Å². The highest BCUT2D eigenvalue weighted by Gasteiger charge is 2.39. The van der Waals surface area contributed by atoms with Gasteiger partial charge in [-0.2, -0.15) is 0 Å². The number of aromatic hydroxyl groups is 1. The Labute approximate surface area is 298 Å². The minimum Gasteiger partial charge on any atom is -0.508 e. The molecule has 6 rings (SSSR count). The molecule has 0 unspecified atom stereocenters. The fourth-order valence-corrected chi connectivity index (χ4v) is 6.60. The van der Waals surface area contributed by atoms with Crippen LogP contribution in [0, 0.1) is 0 Å².